The lowest BCUT2D eigenvalue weighted by atomic mass is 9.84. The van der Waals surface area contributed by atoms with E-state index in [1.54, 1.807) is 36.2 Å². The number of pyridine rings is 1. The number of carbonyl (C=O) groups excluding carboxylic acids is 1. The molecule has 1 saturated heterocycles. The predicted molar refractivity (Wildman–Crippen MR) is 96.9 cm³/mol. The fourth-order valence-corrected chi connectivity index (χ4v) is 4.21. The molecule has 2 atom stereocenters. The molecule has 4 rings (SSSR count). The highest BCUT2D eigenvalue weighted by molar-refractivity contribution is 5.93. The van der Waals surface area contributed by atoms with E-state index in [-0.39, 0.29) is 24.3 Å². The molecule has 9 heteroatoms. The number of likely N-dealkylation sites (tertiary alicyclic amines) is 1. The summed E-state index contributed by atoms with van der Waals surface area (Å²) in [6.07, 6.45) is 0.0991. The first-order valence-electron chi connectivity index (χ1n) is 9.41. The van der Waals surface area contributed by atoms with Crippen LogP contribution in [0.4, 0.5) is 19.0 Å². The van der Waals surface area contributed by atoms with E-state index in [4.69, 9.17) is 0 Å². The quantitative estimate of drug-likeness (QED) is 0.849. The maximum atomic E-state index is 13.6. The van der Waals surface area contributed by atoms with E-state index < -0.39 is 12.2 Å². The Kier molecular flexibility index (Phi) is 4.76. The number of hydrogen-bond acceptors (Lipinski definition) is 4. The summed E-state index contributed by atoms with van der Waals surface area (Å²) >= 11 is 0. The van der Waals surface area contributed by atoms with Gasteiger partial charge >= 0.3 is 6.18 Å². The fourth-order valence-electron chi connectivity index (χ4n) is 4.21. The van der Waals surface area contributed by atoms with E-state index in [1.165, 1.54) is 6.20 Å². The number of fused-ring (bicyclic) bond motifs is 1. The van der Waals surface area contributed by atoms with Gasteiger partial charge in [0.1, 0.15) is 5.82 Å². The van der Waals surface area contributed by atoms with Gasteiger partial charge in [-0.3, -0.25) is 9.78 Å². The van der Waals surface area contributed by atoms with Crippen molar-refractivity contribution in [1.29, 1.82) is 0 Å². The second kappa shape index (κ2) is 7.10. The van der Waals surface area contributed by atoms with Crippen LogP contribution in [0, 0.1) is 12.8 Å². The molecule has 0 radical (unpaired) electrons. The lowest BCUT2D eigenvalue weighted by Crippen LogP contribution is -2.47. The molecule has 2 aromatic rings. The van der Waals surface area contributed by atoms with Crippen LogP contribution in [0.3, 0.4) is 0 Å². The first-order chi connectivity index (χ1) is 13.3. The second-order valence-corrected chi connectivity index (χ2v) is 7.53. The Morgan fingerprint density at radius 3 is 2.68 bits per heavy atom. The molecule has 1 N–H and O–H groups in total. The van der Waals surface area contributed by atoms with Gasteiger partial charge in [0, 0.05) is 37.6 Å². The fraction of sp³-hybridized carbons (Fsp3) is 0.526. The number of nitrogens with zero attached hydrogens (tertiary/aromatic N) is 4. The number of halogens is 3. The van der Waals surface area contributed by atoms with E-state index in [9.17, 15) is 18.0 Å². The van der Waals surface area contributed by atoms with E-state index in [1.807, 2.05) is 0 Å². The largest absolute Gasteiger partial charge is 0.410 e. The van der Waals surface area contributed by atoms with E-state index in [2.05, 4.69) is 15.4 Å². The Bertz CT molecular complexity index is 843. The first-order valence-corrected chi connectivity index (χ1v) is 9.41. The van der Waals surface area contributed by atoms with Crippen molar-refractivity contribution in [2.45, 2.75) is 44.4 Å². The molecule has 1 amide bonds. The Balaban J connectivity index is 1.44. The van der Waals surface area contributed by atoms with Crippen LogP contribution >= 0.6 is 0 Å². The van der Waals surface area contributed by atoms with Crippen molar-refractivity contribution in [3.8, 4) is 0 Å². The first kappa shape index (κ1) is 18.8. The van der Waals surface area contributed by atoms with Crippen molar-refractivity contribution in [2.75, 3.05) is 18.4 Å². The van der Waals surface area contributed by atoms with Crippen molar-refractivity contribution in [3.63, 3.8) is 0 Å². The summed E-state index contributed by atoms with van der Waals surface area (Å²) in [5.41, 5.74) is 1.10. The Hall–Kier alpha value is -2.58. The number of piperidine rings is 1. The molecule has 2 aromatic heterocycles. The van der Waals surface area contributed by atoms with Crippen molar-refractivity contribution >= 4 is 11.7 Å². The predicted octanol–water partition coefficient (Wildman–Crippen LogP) is 3.43. The van der Waals surface area contributed by atoms with Gasteiger partial charge in [-0.25, -0.2) is 4.68 Å². The molecule has 0 saturated carbocycles. The molecule has 6 nitrogen and oxygen atoms in total. The molecule has 4 heterocycles. The minimum Gasteiger partial charge on any atom is -0.367 e. The molecule has 1 fully saturated rings. The van der Waals surface area contributed by atoms with Crippen molar-refractivity contribution in [2.24, 2.45) is 5.92 Å². The molecule has 2 aliphatic heterocycles. The van der Waals surface area contributed by atoms with Crippen LogP contribution in [-0.4, -0.2) is 50.9 Å². The van der Waals surface area contributed by atoms with Gasteiger partial charge in [0.25, 0.3) is 5.91 Å². The summed E-state index contributed by atoms with van der Waals surface area (Å²) in [5, 5.41) is 7.28. The third kappa shape index (κ3) is 3.57. The molecular weight excluding hydrogens is 371 g/mol. The van der Waals surface area contributed by atoms with Gasteiger partial charge in [0.2, 0.25) is 0 Å². The summed E-state index contributed by atoms with van der Waals surface area (Å²) in [4.78, 5) is 18.3. The van der Waals surface area contributed by atoms with Gasteiger partial charge < -0.3 is 10.2 Å². The molecule has 0 aliphatic carbocycles. The Labute approximate surface area is 160 Å². The van der Waals surface area contributed by atoms with Gasteiger partial charge in [-0.2, -0.15) is 18.3 Å². The number of hydrogen-bond donors (Lipinski definition) is 1. The number of carbonyl (C=O) groups is 1. The van der Waals surface area contributed by atoms with E-state index >= 15 is 0 Å². The average molecular weight is 393 g/mol. The normalized spacial score (nSPS) is 23.2. The average Bonchev–Trinajstić information content (AvgIpc) is 3.06. The van der Waals surface area contributed by atoms with Gasteiger partial charge in [0.05, 0.1) is 11.3 Å². The molecule has 0 aromatic carbocycles. The summed E-state index contributed by atoms with van der Waals surface area (Å²) in [6.45, 7) is 2.76. The molecule has 0 spiro atoms. The second-order valence-electron chi connectivity index (χ2n) is 7.53. The van der Waals surface area contributed by atoms with Gasteiger partial charge in [-0.05, 0) is 44.2 Å². The van der Waals surface area contributed by atoms with Crippen molar-refractivity contribution in [1.82, 2.24) is 19.7 Å². The van der Waals surface area contributed by atoms with Crippen LogP contribution in [0.5, 0.6) is 0 Å². The third-order valence-corrected chi connectivity index (χ3v) is 5.65. The van der Waals surface area contributed by atoms with Crippen LogP contribution in [0.1, 0.15) is 41.4 Å². The number of amides is 1. The zero-order chi connectivity index (χ0) is 19.9. The molecular formula is C19H22F3N5O. The van der Waals surface area contributed by atoms with Gasteiger partial charge in [-0.15, -0.1) is 0 Å². The molecule has 2 aliphatic rings. The number of aromatic nitrogens is 3. The number of rotatable bonds is 2. The maximum absolute atomic E-state index is 13.6. The smallest absolute Gasteiger partial charge is 0.367 e. The van der Waals surface area contributed by atoms with Crippen LogP contribution in [0.25, 0.3) is 0 Å². The topological polar surface area (TPSA) is 63.1 Å². The van der Waals surface area contributed by atoms with Crippen LogP contribution < -0.4 is 5.32 Å². The number of anilines is 1. The summed E-state index contributed by atoms with van der Waals surface area (Å²) in [6, 6.07) is 3.20. The highest BCUT2D eigenvalue weighted by Crippen LogP contribution is 2.42. The van der Waals surface area contributed by atoms with Gasteiger partial charge in [-0.1, -0.05) is 0 Å². The van der Waals surface area contributed by atoms with Crippen molar-refractivity contribution < 1.29 is 18.0 Å². The monoisotopic (exact) mass is 393 g/mol. The Morgan fingerprint density at radius 1 is 1.29 bits per heavy atom. The molecule has 0 unspecified atom stereocenters. The summed E-state index contributed by atoms with van der Waals surface area (Å²) in [7, 11) is 0. The molecule has 28 heavy (non-hydrogen) atoms. The SMILES string of the molecule is Cc1cc2n(n1)[C@@H](C(F)(F)F)C[C@@H](C1CCN(C(=O)c3cccnc3)CC1)N2. The number of alkyl halides is 3. The van der Waals surface area contributed by atoms with Crippen LogP contribution in [0.2, 0.25) is 0 Å². The van der Waals surface area contributed by atoms with Gasteiger partial charge in [0.15, 0.2) is 6.04 Å². The van der Waals surface area contributed by atoms with E-state index in [0.29, 0.717) is 43.0 Å². The zero-order valence-electron chi connectivity index (χ0n) is 15.5. The Morgan fingerprint density at radius 2 is 2.04 bits per heavy atom. The van der Waals surface area contributed by atoms with Crippen LogP contribution in [0.15, 0.2) is 30.6 Å². The zero-order valence-corrected chi connectivity index (χ0v) is 15.5. The highest BCUT2D eigenvalue weighted by atomic mass is 19.4. The number of aryl methyl sites for hydroxylation is 1. The minimum atomic E-state index is -4.34. The summed E-state index contributed by atoms with van der Waals surface area (Å²) in [5.74, 6) is 0.418. The standard InChI is InChI=1S/C19H22F3N5O/c1-12-9-17-24-15(10-16(19(20,21)22)27(17)25-12)13-4-7-26(8-5-13)18(28)14-3-2-6-23-11-14/h2-3,6,9,11,13,15-16,24H,4-5,7-8,10H2,1H3/t15-,16+/m0/s1. The molecule has 0 bridgehead atoms. The summed E-state index contributed by atoms with van der Waals surface area (Å²) < 4.78 is 41.8. The van der Waals surface area contributed by atoms with Crippen LogP contribution in [-0.2, 0) is 0 Å². The lowest BCUT2D eigenvalue weighted by molar-refractivity contribution is -0.174. The third-order valence-electron chi connectivity index (χ3n) is 5.65. The van der Waals surface area contributed by atoms with E-state index in [0.717, 1.165) is 4.68 Å². The van der Waals surface area contributed by atoms with Crippen molar-refractivity contribution in [3.05, 3.63) is 41.9 Å². The lowest BCUT2D eigenvalue weighted by Gasteiger charge is -2.41. The molecule has 150 valence electrons. The minimum absolute atomic E-state index is 0.0428. The highest BCUT2D eigenvalue weighted by Gasteiger charge is 2.47. The maximum Gasteiger partial charge on any atom is 0.410 e. The number of nitrogens with one attached hydrogen (secondary N) is 1.